The van der Waals surface area contributed by atoms with E-state index in [0.29, 0.717) is 0 Å². The largest absolute Gasteiger partial charge is 0.412 e. The van der Waals surface area contributed by atoms with E-state index in [9.17, 15) is 0 Å². The summed E-state index contributed by atoms with van der Waals surface area (Å²) in [5.41, 5.74) is 1.31. The molecule has 5 nitrogen and oxygen atoms in total. The minimum absolute atomic E-state index is 0. The summed E-state index contributed by atoms with van der Waals surface area (Å²) in [5.74, 6) is 0. The molecule has 17 heavy (non-hydrogen) atoms. The van der Waals surface area contributed by atoms with E-state index in [1.54, 1.807) is 0 Å². The maximum atomic E-state index is 4.52. The van der Waals surface area contributed by atoms with Crippen LogP contribution in [-0.2, 0) is 0 Å². The van der Waals surface area contributed by atoms with Crippen LogP contribution in [0.1, 0.15) is 6.42 Å². The van der Waals surface area contributed by atoms with Gasteiger partial charge in [0, 0.05) is 8.07 Å². The highest BCUT2D eigenvalue weighted by atomic mass is 31.1. The molecule has 1 rings (SSSR count). The first-order chi connectivity index (χ1) is 7.37. The van der Waals surface area contributed by atoms with Crippen molar-refractivity contribution in [2.75, 3.05) is 48.4 Å². The fraction of sp³-hybridized carbons (Fsp3) is 0.900. The Morgan fingerprint density at radius 3 is 1.88 bits per heavy atom. The maximum absolute atomic E-state index is 4.52. The van der Waals surface area contributed by atoms with E-state index in [1.807, 2.05) is 0 Å². The second kappa shape index (κ2) is 6.51. The summed E-state index contributed by atoms with van der Waals surface area (Å²) < 4.78 is 6.85. The third-order valence-electron chi connectivity index (χ3n) is 3.36. The fourth-order valence-corrected chi connectivity index (χ4v) is 5.67. The zero-order valence-corrected chi connectivity index (χ0v) is 13.8. The molecule has 0 spiro atoms. The third-order valence-corrected chi connectivity index (χ3v) is 6.41. The first kappa shape index (κ1) is 17.4. The van der Waals surface area contributed by atoms with Crippen LogP contribution in [-0.4, -0.2) is 79.5 Å². The van der Waals surface area contributed by atoms with Crippen molar-refractivity contribution in [3.05, 3.63) is 0 Å². The van der Waals surface area contributed by atoms with Gasteiger partial charge in [0.25, 0.3) is 0 Å². The predicted octanol–water partition coefficient (Wildman–Crippen LogP) is 0.532. The summed E-state index contributed by atoms with van der Waals surface area (Å²) >= 11 is 0. The first-order valence-electron chi connectivity index (χ1n) is 5.46. The lowest BCUT2D eigenvalue weighted by atomic mass is 10.1. The Labute approximate surface area is 109 Å². The minimum Gasteiger partial charge on any atom is -0.412 e. The molecule has 0 bridgehead atoms. The van der Waals surface area contributed by atoms with Crippen LogP contribution in [0.4, 0.5) is 0 Å². The van der Waals surface area contributed by atoms with Crippen LogP contribution in [0.15, 0.2) is 4.76 Å². The van der Waals surface area contributed by atoms with Crippen LogP contribution in [0, 0.1) is 0 Å². The quantitative estimate of drug-likeness (QED) is 0.560. The van der Waals surface area contributed by atoms with Crippen LogP contribution in [0.25, 0.3) is 0 Å². The van der Waals surface area contributed by atoms with Crippen molar-refractivity contribution in [2.24, 2.45) is 4.76 Å². The van der Waals surface area contributed by atoms with E-state index in [1.165, 1.54) is 11.6 Å². The number of hydrogen-bond acceptors (Lipinski definition) is 4. The van der Waals surface area contributed by atoms with Crippen molar-refractivity contribution in [3.8, 4) is 0 Å². The van der Waals surface area contributed by atoms with Gasteiger partial charge in [-0.1, -0.05) is 0 Å². The summed E-state index contributed by atoms with van der Waals surface area (Å²) in [7, 11) is 15.2. The second-order valence-electron chi connectivity index (χ2n) is 4.78. The summed E-state index contributed by atoms with van der Waals surface area (Å²) in [4.78, 5) is 4.59. The molecular formula is C10H26N4OP2. The molecule has 1 fully saturated rings. The van der Waals surface area contributed by atoms with Crippen LogP contribution in [0.2, 0.25) is 0 Å². The summed E-state index contributed by atoms with van der Waals surface area (Å²) in [5, 5.41) is 0. The summed E-state index contributed by atoms with van der Waals surface area (Å²) in [6.45, 7) is 0. The van der Waals surface area contributed by atoms with Crippen LogP contribution in [0.5, 0.6) is 0 Å². The summed E-state index contributed by atoms with van der Waals surface area (Å²) in [6.07, 6.45) is 2.38. The van der Waals surface area contributed by atoms with Gasteiger partial charge in [0.1, 0.15) is 5.66 Å². The SMILES string of the molecule is CN(C)P1CCC(N(C)C)(N(C)C)/C1=N/P.O. The Morgan fingerprint density at radius 2 is 1.59 bits per heavy atom. The molecule has 0 aliphatic carbocycles. The molecule has 0 aromatic carbocycles. The minimum atomic E-state index is -0.241. The average Bonchev–Trinajstić information content (AvgIpc) is 2.56. The molecule has 1 aliphatic rings. The van der Waals surface area contributed by atoms with Gasteiger partial charge in [0.05, 0.1) is 5.45 Å². The highest BCUT2D eigenvalue weighted by Crippen LogP contribution is 2.54. The van der Waals surface area contributed by atoms with Gasteiger partial charge >= 0.3 is 0 Å². The normalized spacial score (nSPS) is 26.0. The molecule has 1 aliphatic heterocycles. The van der Waals surface area contributed by atoms with Gasteiger partial charge in [-0.3, -0.25) is 19.2 Å². The predicted molar refractivity (Wildman–Crippen MR) is 81.0 cm³/mol. The van der Waals surface area contributed by atoms with Crippen molar-refractivity contribution in [1.29, 1.82) is 0 Å². The van der Waals surface area contributed by atoms with Crippen molar-refractivity contribution in [2.45, 2.75) is 12.1 Å². The molecule has 0 radical (unpaired) electrons. The fourth-order valence-electron chi connectivity index (χ4n) is 2.49. The molecule has 0 saturated carbocycles. The molecular weight excluding hydrogens is 254 g/mol. The Bertz CT molecular complexity index is 273. The highest BCUT2D eigenvalue weighted by molar-refractivity contribution is 7.74. The molecule has 0 aromatic rings. The standard InChI is InChI=1S/C10H24N4P2.H2O/c1-12(2)10(13(3)4)7-8-16(14(5)6)9(10)11-15;/h7-8,15H2,1-6H3;1H2/b11-9-;. The lowest BCUT2D eigenvalue weighted by Gasteiger charge is -2.43. The molecule has 2 N–H and O–H groups in total. The molecule has 0 aromatic heterocycles. The smallest absolute Gasteiger partial charge is 0.118 e. The zero-order valence-electron chi connectivity index (χ0n) is 11.7. The van der Waals surface area contributed by atoms with Crippen LogP contribution >= 0.6 is 17.5 Å². The first-order valence-corrected chi connectivity index (χ1v) is 7.45. The second-order valence-corrected chi connectivity index (χ2v) is 7.51. The van der Waals surface area contributed by atoms with Gasteiger partial charge in [-0.05, 0) is 64.3 Å². The molecule has 2 atom stereocenters. The van der Waals surface area contributed by atoms with E-state index in [4.69, 9.17) is 0 Å². The van der Waals surface area contributed by atoms with Crippen molar-refractivity contribution in [3.63, 3.8) is 0 Å². The molecule has 2 unspecified atom stereocenters. The zero-order chi connectivity index (χ0) is 12.5. The Kier molecular flexibility index (Phi) is 6.65. The van der Waals surface area contributed by atoms with Crippen LogP contribution < -0.4 is 0 Å². The molecule has 7 heteroatoms. The molecule has 1 saturated heterocycles. The number of hydrogen-bond donors (Lipinski definition) is 0. The maximum Gasteiger partial charge on any atom is 0.118 e. The lowest BCUT2D eigenvalue weighted by molar-refractivity contribution is 0.0737. The number of nitrogens with zero attached hydrogens (tertiary/aromatic N) is 4. The van der Waals surface area contributed by atoms with Crippen molar-refractivity contribution in [1.82, 2.24) is 14.5 Å². The van der Waals surface area contributed by atoms with Crippen LogP contribution in [0.3, 0.4) is 0 Å². The van der Waals surface area contributed by atoms with Gasteiger partial charge in [-0.2, -0.15) is 0 Å². The Balaban J connectivity index is 0.00000256. The van der Waals surface area contributed by atoms with E-state index < -0.39 is 0 Å². The molecule has 0 amide bonds. The van der Waals surface area contributed by atoms with Gasteiger partial charge in [0.2, 0.25) is 0 Å². The van der Waals surface area contributed by atoms with Crippen molar-refractivity contribution >= 4 is 22.9 Å². The highest BCUT2D eigenvalue weighted by Gasteiger charge is 2.49. The molecule has 1 heterocycles. The van der Waals surface area contributed by atoms with E-state index in [0.717, 1.165) is 6.42 Å². The Hall–Kier alpha value is 0.370. The summed E-state index contributed by atoms with van der Waals surface area (Å²) in [6, 6.07) is 0. The number of rotatable bonds is 3. The Morgan fingerprint density at radius 1 is 1.12 bits per heavy atom. The van der Waals surface area contributed by atoms with E-state index in [-0.39, 0.29) is 19.2 Å². The van der Waals surface area contributed by atoms with Crippen molar-refractivity contribution < 1.29 is 5.48 Å². The van der Waals surface area contributed by atoms with Gasteiger partial charge in [-0.15, -0.1) is 0 Å². The average molecular weight is 280 g/mol. The van der Waals surface area contributed by atoms with Gasteiger partial charge in [0.15, 0.2) is 0 Å². The topological polar surface area (TPSA) is 53.6 Å². The van der Waals surface area contributed by atoms with Gasteiger partial charge in [-0.25, -0.2) is 0 Å². The van der Waals surface area contributed by atoms with E-state index >= 15 is 0 Å². The third kappa shape index (κ3) is 2.86. The lowest BCUT2D eigenvalue weighted by Crippen LogP contribution is -2.58. The van der Waals surface area contributed by atoms with Gasteiger partial charge < -0.3 is 5.48 Å². The van der Waals surface area contributed by atoms with E-state index in [2.05, 4.69) is 70.9 Å². The molecule has 102 valence electrons. The monoisotopic (exact) mass is 280 g/mol.